The number of aromatic nitrogens is 2. The maximum atomic E-state index is 14.1. The SMILES string of the molecule is NC[C@H]1Cc2cc(F)cc(-c3cncc(C(=O)N4CCOCC4)n3)c2O1. The summed E-state index contributed by atoms with van der Waals surface area (Å²) in [5.74, 6) is -0.0321. The van der Waals surface area contributed by atoms with Crippen molar-refractivity contribution in [2.24, 2.45) is 5.73 Å². The Morgan fingerprint density at radius 1 is 1.31 bits per heavy atom. The van der Waals surface area contributed by atoms with Crippen molar-refractivity contribution in [3.63, 3.8) is 0 Å². The zero-order valence-electron chi connectivity index (χ0n) is 14.2. The second-order valence-corrected chi connectivity index (χ2v) is 6.32. The van der Waals surface area contributed by atoms with Gasteiger partial charge in [-0.3, -0.25) is 9.78 Å². The molecule has 2 aromatic rings. The van der Waals surface area contributed by atoms with E-state index in [2.05, 4.69) is 9.97 Å². The smallest absolute Gasteiger partial charge is 0.274 e. The summed E-state index contributed by atoms with van der Waals surface area (Å²) in [7, 11) is 0. The molecule has 1 aromatic heterocycles. The van der Waals surface area contributed by atoms with Crippen LogP contribution in [0.4, 0.5) is 4.39 Å². The van der Waals surface area contributed by atoms with Crippen molar-refractivity contribution in [1.29, 1.82) is 0 Å². The van der Waals surface area contributed by atoms with E-state index in [0.29, 0.717) is 56.3 Å². The Hall–Kier alpha value is -2.58. The standard InChI is InChI=1S/C18H19FN4O3/c19-12-5-11-6-13(8-20)26-17(11)14(7-12)15-9-21-10-16(22-15)18(24)23-1-3-25-4-2-23/h5,7,9-10,13H,1-4,6,8,20H2/t13-/m1/s1. The first-order valence-corrected chi connectivity index (χ1v) is 8.54. The van der Waals surface area contributed by atoms with E-state index in [1.165, 1.54) is 24.5 Å². The van der Waals surface area contributed by atoms with E-state index < -0.39 is 0 Å². The van der Waals surface area contributed by atoms with Gasteiger partial charge < -0.3 is 20.1 Å². The molecule has 2 N–H and O–H groups in total. The molecule has 0 spiro atoms. The molecule has 1 fully saturated rings. The van der Waals surface area contributed by atoms with Crippen LogP contribution < -0.4 is 10.5 Å². The predicted molar refractivity (Wildman–Crippen MR) is 91.3 cm³/mol. The highest BCUT2D eigenvalue weighted by atomic mass is 19.1. The summed E-state index contributed by atoms with van der Waals surface area (Å²) in [6.45, 7) is 2.38. The van der Waals surface area contributed by atoms with Gasteiger partial charge in [0.1, 0.15) is 23.4 Å². The first kappa shape index (κ1) is 16.9. The van der Waals surface area contributed by atoms with Crippen molar-refractivity contribution >= 4 is 5.91 Å². The number of carbonyl (C=O) groups is 1. The number of amides is 1. The number of fused-ring (bicyclic) bond motifs is 1. The Morgan fingerprint density at radius 3 is 2.88 bits per heavy atom. The molecule has 0 saturated carbocycles. The van der Waals surface area contributed by atoms with Crippen LogP contribution in [0.3, 0.4) is 0 Å². The molecule has 4 rings (SSSR count). The third-order valence-electron chi connectivity index (χ3n) is 4.55. The number of rotatable bonds is 3. The van der Waals surface area contributed by atoms with Gasteiger partial charge in [-0.2, -0.15) is 0 Å². The molecule has 26 heavy (non-hydrogen) atoms. The fourth-order valence-electron chi connectivity index (χ4n) is 3.24. The Morgan fingerprint density at radius 2 is 2.12 bits per heavy atom. The number of morpholine rings is 1. The normalized spacial score (nSPS) is 19.2. The third kappa shape index (κ3) is 3.13. The van der Waals surface area contributed by atoms with Gasteiger partial charge in [0, 0.05) is 37.2 Å². The Kier molecular flexibility index (Phi) is 4.52. The van der Waals surface area contributed by atoms with Gasteiger partial charge in [0.2, 0.25) is 0 Å². The lowest BCUT2D eigenvalue weighted by atomic mass is 10.0. The minimum absolute atomic E-state index is 0.184. The summed E-state index contributed by atoms with van der Waals surface area (Å²) >= 11 is 0. The fourth-order valence-corrected chi connectivity index (χ4v) is 3.24. The minimum Gasteiger partial charge on any atom is -0.488 e. The van der Waals surface area contributed by atoms with E-state index in [9.17, 15) is 9.18 Å². The van der Waals surface area contributed by atoms with Crippen LogP contribution >= 0.6 is 0 Å². The van der Waals surface area contributed by atoms with Crippen molar-refractivity contribution in [1.82, 2.24) is 14.9 Å². The number of halogens is 1. The van der Waals surface area contributed by atoms with Gasteiger partial charge in [-0.15, -0.1) is 0 Å². The zero-order valence-corrected chi connectivity index (χ0v) is 14.2. The van der Waals surface area contributed by atoms with Gasteiger partial charge in [0.05, 0.1) is 31.3 Å². The highest BCUT2D eigenvalue weighted by Gasteiger charge is 2.27. The molecule has 0 bridgehead atoms. The van der Waals surface area contributed by atoms with Crippen molar-refractivity contribution in [2.75, 3.05) is 32.8 Å². The first-order valence-electron chi connectivity index (χ1n) is 8.54. The molecule has 136 valence electrons. The van der Waals surface area contributed by atoms with Crippen LogP contribution in [0, 0.1) is 5.82 Å². The molecule has 1 saturated heterocycles. The fraction of sp³-hybridized carbons (Fsp3) is 0.389. The minimum atomic E-state index is -0.383. The van der Waals surface area contributed by atoms with Crippen LogP contribution in [0.2, 0.25) is 0 Å². The number of carbonyl (C=O) groups excluding carboxylic acids is 1. The van der Waals surface area contributed by atoms with E-state index in [4.69, 9.17) is 15.2 Å². The van der Waals surface area contributed by atoms with Crippen molar-refractivity contribution in [3.05, 3.63) is 41.6 Å². The summed E-state index contributed by atoms with van der Waals surface area (Å²) in [4.78, 5) is 22.8. The van der Waals surface area contributed by atoms with Gasteiger partial charge in [-0.25, -0.2) is 9.37 Å². The summed E-state index contributed by atoms with van der Waals surface area (Å²) in [5, 5.41) is 0. The maximum absolute atomic E-state index is 14.1. The number of nitrogens with zero attached hydrogens (tertiary/aromatic N) is 3. The number of benzene rings is 1. The number of nitrogens with two attached hydrogens (primary N) is 1. The Bertz CT molecular complexity index is 839. The van der Waals surface area contributed by atoms with E-state index in [0.717, 1.165) is 5.56 Å². The summed E-state index contributed by atoms with van der Waals surface area (Å²) < 4.78 is 25.2. The molecule has 8 heteroatoms. The first-order chi connectivity index (χ1) is 12.7. The quantitative estimate of drug-likeness (QED) is 0.881. The van der Waals surface area contributed by atoms with Gasteiger partial charge in [0.25, 0.3) is 5.91 Å². The summed E-state index contributed by atoms with van der Waals surface area (Å²) in [6.07, 6.45) is 3.29. The van der Waals surface area contributed by atoms with E-state index in [1.807, 2.05) is 0 Å². The molecule has 2 aliphatic heterocycles. The molecular formula is C18H19FN4O3. The number of ether oxygens (including phenoxy) is 2. The van der Waals surface area contributed by atoms with Crippen LogP contribution in [0.15, 0.2) is 24.5 Å². The molecule has 3 heterocycles. The van der Waals surface area contributed by atoms with E-state index in [-0.39, 0.29) is 23.5 Å². The molecule has 1 atom stereocenters. The van der Waals surface area contributed by atoms with Gasteiger partial charge in [-0.05, 0) is 12.1 Å². The monoisotopic (exact) mass is 358 g/mol. The van der Waals surface area contributed by atoms with Crippen molar-refractivity contribution in [2.45, 2.75) is 12.5 Å². The number of hydrogen-bond donors (Lipinski definition) is 1. The second kappa shape index (κ2) is 6.97. The third-order valence-corrected chi connectivity index (χ3v) is 4.55. The van der Waals surface area contributed by atoms with Crippen LogP contribution in [0.5, 0.6) is 5.75 Å². The molecule has 2 aliphatic rings. The van der Waals surface area contributed by atoms with Gasteiger partial charge >= 0.3 is 0 Å². The zero-order chi connectivity index (χ0) is 18.1. The number of hydrogen-bond acceptors (Lipinski definition) is 6. The van der Waals surface area contributed by atoms with E-state index in [1.54, 1.807) is 4.90 Å². The average Bonchev–Trinajstić information content (AvgIpc) is 3.10. The van der Waals surface area contributed by atoms with Gasteiger partial charge in [0.15, 0.2) is 0 Å². The van der Waals surface area contributed by atoms with Crippen LogP contribution in [-0.2, 0) is 11.2 Å². The average molecular weight is 358 g/mol. The Labute approximate surface area is 149 Å². The lowest BCUT2D eigenvalue weighted by molar-refractivity contribution is 0.0299. The molecule has 0 radical (unpaired) electrons. The molecular weight excluding hydrogens is 339 g/mol. The van der Waals surface area contributed by atoms with Gasteiger partial charge in [-0.1, -0.05) is 0 Å². The molecule has 0 aliphatic carbocycles. The van der Waals surface area contributed by atoms with Crippen LogP contribution in [0.1, 0.15) is 16.1 Å². The summed E-state index contributed by atoms with van der Waals surface area (Å²) in [6, 6.07) is 2.80. The highest BCUT2D eigenvalue weighted by Crippen LogP contribution is 2.38. The molecule has 0 unspecified atom stereocenters. The van der Waals surface area contributed by atoms with Crippen molar-refractivity contribution < 1.29 is 18.7 Å². The second-order valence-electron chi connectivity index (χ2n) is 6.32. The van der Waals surface area contributed by atoms with E-state index >= 15 is 0 Å². The molecule has 1 amide bonds. The molecule has 1 aromatic carbocycles. The van der Waals surface area contributed by atoms with Crippen LogP contribution in [0.25, 0.3) is 11.3 Å². The maximum Gasteiger partial charge on any atom is 0.274 e. The van der Waals surface area contributed by atoms with Crippen molar-refractivity contribution in [3.8, 4) is 17.0 Å². The topological polar surface area (TPSA) is 90.6 Å². The molecule has 7 nitrogen and oxygen atoms in total. The summed E-state index contributed by atoms with van der Waals surface area (Å²) in [5.41, 5.74) is 7.54. The van der Waals surface area contributed by atoms with Crippen LogP contribution in [-0.4, -0.2) is 59.7 Å². The highest BCUT2D eigenvalue weighted by molar-refractivity contribution is 5.92. The Balaban J connectivity index is 1.68. The lowest BCUT2D eigenvalue weighted by Gasteiger charge is -2.26. The largest absolute Gasteiger partial charge is 0.488 e. The lowest BCUT2D eigenvalue weighted by Crippen LogP contribution is -2.41. The predicted octanol–water partition coefficient (Wildman–Crippen LogP) is 1.02.